The maximum Gasteiger partial charge on any atom is 0.433 e. The number of nitrogens with zero attached hydrogens (tertiary/aromatic N) is 4. The number of rotatable bonds is 4. The molecular formula is C27H27ClF6N4. The number of aromatic nitrogens is 2. The molecule has 0 N–H and O–H groups in total. The SMILES string of the molecule is Cc1cnn(C2CCCN(c3cc(Cl)ccc3-c3ccc4c(c3)CCN(CC(F)(F)F)C4)C2)c1C(F)(F)F. The molecular weight excluding hydrogens is 530 g/mol. The van der Waals surface area contributed by atoms with E-state index < -0.39 is 30.6 Å². The van der Waals surface area contributed by atoms with Gasteiger partial charge in [-0.2, -0.15) is 31.4 Å². The van der Waals surface area contributed by atoms with E-state index in [1.807, 2.05) is 30.3 Å². The Morgan fingerprint density at radius 1 is 1.00 bits per heavy atom. The lowest BCUT2D eigenvalue weighted by atomic mass is 9.93. The number of hydrogen-bond acceptors (Lipinski definition) is 3. The summed E-state index contributed by atoms with van der Waals surface area (Å²) in [6.45, 7) is 2.04. The van der Waals surface area contributed by atoms with Crippen LogP contribution >= 0.6 is 11.6 Å². The van der Waals surface area contributed by atoms with Gasteiger partial charge in [0.1, 0.15) is 5.69 Å². The second-order valence-corrected chi connectivity index (χ2v) is 10.5. The molecule has 2 aliphatic rings. The van der Waals surface area contributed by atoms with E-state index in [1.54, 1.807) is 6.07 Å². The molecule has 1 unspecified atom stereocenters. The number of benzene rings is 2. The molecule has 5 rings (SSSR count). The van der Waals surface area contributed by atoms with Gasteiger partial charge in [0.15, 0.2) is 0 Å². The normalized spacial score (nSPS) is 19.1. The van der Waals surface area contributed by atoms with Gasteiger partial charge in [-0.3, -0.25) is 9.58 Å². The van der Waals surface area contributed by atoms with Gasteiger partial charge >= 0.3 is 12.4 Å². The van der Waals surface area contributed by atoms with Gasteiger partial charge in [-0.05, 0) is 60.6 Å². The maximum atomic E-state index is 13.7. The van der Waals surface area contributed by atoms with Crippen molar-refractivity contribution in [2.45, 2.75) is 51.1 Å². The smallest absolute Gasteiger partial charge is 0.369 e. The fourth-order valence-electron chi connectivity index (χ4n) is 5.63. The Balaban J connectivity index is 1.43. The van der Waals surface area contributed by atoms with Gasteiger partial charge < -0.3 is 4.90 Å². The highest BCUT2D eigenvalue weighted by atomic mass is 35.5. The van der Waals surface area contributed by atoms with Crippen LogP contribution in [-0.4, -0.2) is 47.0 Å². The first kappa shape index (κ1) is 26.9. The molecule has 0 bridgehead atoms. The zero-order chi connectivity index (χ0) is 27.2. The Kier molecular flexibility index (Phi) is 7.15. The zero-order valence-electron chi connectivity index (χ0n) is 20.7. The molecule has 1 atom stereocenters. The highest BCUT2D eigenvalue weighted by Gasteiger charge is 2.39. The first-order valence-electron chi connectivity index (χ1n) is 12.5. The van der Waals surface area contributed by atoms with Gasteiger partial charge in [0.2, 0.25) is 0 Å². The minimum atomic E-state index is -4.50. The van der Waals surface area contributed by atoms with Crippen molar-refractivity contribution in [3.05, 3.63) is 70.0 Å². The van der Waals surface area contributed by atoms with Crippen LogP contribution in [0.1, 0.15) is 41.3 Å². The van der Waals surface area contributed by atoms with Gasteiger partial charge in [-0.25, -0.2) is 0 Å². The molecule has 204 valence electrons. The van der Waals surface area contributed by atoms with E-state index in [-0.39, 0.29) is 12.1 Å². The Bertz CT molecular complexity index is 1320. The van der Waals surface area contributed by atoms with E-state index >= 15 is 0 Å². The third-order valence-electron chi connectivity index (χ3n) is 7.30. The Morgan fingerprint density at radius 3 is 2.53 bits per heavy atom. The lowest BCUT2D eigenvalue weighted by Gasteiger charge is -2.36. The fraction of sp³-hybridized carbons (Fsp3) is 0.444. The predicted molar refractivity (Wildman–Crippen MR) is 134 cm³/mol. The summed E-state index contributed by atoms with van der Waals surface area (Å²) in [7, 11) is 0. The summed E-state index contributed by atoms with van der Waals surface area (Å²) in [6, 6.07) is 10.8. The molecule has 2 aliphatic heterocycles. The molecule has 38 heavy (non-hydrogen) atoms. The highest BCUT2D eigenvalue weighted by molar-refractivity contribution is 6.31. The Hall–Kier alpha value is -2.72. The van der Waals surface area contributed by atoms with Gasteiger partial charge in [0.05, 0.1) is 18.8 Å². The van der Waals surface area contributed by atoms with Crippen LogP contribution in [0.3, 0.4) is 0 Å². The van der Waals surface area contributed by atoms with E-state index in [2.05, 4.69) is 10.00 Å². The van der Waals surface area contributed by atoms with Gasteiger partial charge in [0.25, 0.3) is 0 Å². The van der Waals surface area contributed by atoms with Crippen molar-refractivity contribution in [2.75, 3.05) is 31.1 Å². The second kappa shape index (κ2) is 10.1. The topological polar surface area (TPSA) is 24.3 Å². The van der Waals surface area contributed by atoms with Crippen LogP contribution in [0.25, 0.3) is 11.1 Å². The lowest BCUT2D eigenvalue weighted by molar-refractivity contribution is -0.147. The van der Waals surface area contributed by atoms with Crippen molar-refractivity contribution < 1.29 is 26.3 Å². The number of piperidine rings is 1. The Morgan fingerprint density at radius 2 is 1.79 bits per heavy atom. The van der Waals surface area contributed by atoms with Crippen LogP contribution in [0, 0.1) is 6.92 Å². The van der Waals surface area contributed by atoms with Crippen molar-refractivity contribution in [3.8, 4) is 11.1 Å². The summed E-state index contributed by atoms with van der Waals surface area (Å²) in [5.41, 5.74) is 3.84. The molecule has 0 spiro atoms. The maximum absolute atomic E-state index is 13.7. The largest absolute Gasteiger partial charge is 0.433 e. The van der Waals surface area contributed by atoms with Crippen molar-refractivity contribution >= 4 is 17.3 Å². The zero-order valence-corrected chi connectivity index (χ0v) is 21.5. The second-order valence-electron chi connectivity index (χ2n) is 10.1. The average Bonchev–Trinajstić information content (AvgIpc) is 3.25. The first-order valence-corrected chi connectivity index (χ1v) is 12.8. The molecule has 2 aromatic carbocycles. The molecule has 0 amide bonds. The van der Waals surface area contributed by atoms with Crippen molar-refractivity contribution in [2.24, 2.45) is 0 Å². The molecule has 0 aliphatic carbocycles. The van der Waals surface area contributed by atoms with Crippen LogP contribution in [0.2, 0.25) is 5.02 Å². The molecule has 1 fully saturated rings. The highest BCUT2D eigenvalue weighted by Crippen LogP contribution is 2.40. The predicted octanol–water partition coefficient (Wildman–Crippen LogP) is 7.29. The van der Waals surface area contributed by atoms with Crippen molar-refractivity contribution in [1.29, 1.82) is 0 Å². The molecule has 11 heteroatoms. The molecule has 1 saturated heterocycles. The van der Waals surface area contributed by atoms with E-state index in [9.17, 15) is 26.3 Å². The van der Waals surface area contributed by atoms with Crippen LogP contribution in [0.4, 0.5) is 32.0 Å². The summed E-state index contributed by atoms with van der Waals surface area (Å²) in [4.78, 5) is 3.45. The van der Waals surface area contributed by atoms with E-state index in [0.29, 0.717) is 43.9 Å². The van der Waals surface area contributed by atoms with E-state index in [4.69, 9.17) is 11.6 Å². The lowest BCUT2D eigenvalue weighted by Crippen LogP contribution is -2.38. The minimum Gasteiger partial charge on any atom is -0.369 e. The number of hydrogen-bond donors (Lipinski definition) is 0. The molecule has 3 aromatic rings. The number of anilines is 1. The summed E-state index contributed by atoms with van der Waals surface area (Å²) in [5, 5.41) is 4.59. The summed E-state index contributed by atoms with van der Waals surface area (Å²) in [5.74, 6) is 0. The molecule has 1 aromatic heterocycles. The van der Waals surface area contributed by atoms with Crippen LogP contribution < -0.4 is 4.90 Å². The average molecular weight is 557 g/mol. The number of aryl methyl sites for hydroxylation is 1. The minimum absolute atomic E-state index is 0.0981. The monoisotopic (exact) mass is 556 g/mol. The molecule has 0 radical (unpaired) electrons. The van der Waals surface area contributed by atoms with E-state index in [0.717, 1.165) is 32.6 Å². The Labute approximate surface area is 221 Å². The third kappa shape index (κ3) is 5.66. The van der Waals surface area contributed by atoms with Crippen molar-refractivity contribution in [3.63, 3.8) is 0 Å². The number of alkyl halides is 6. The summed E-state index contributed by atoms with van der Waals surface area (Å²) >= 11 is 6.36. The summed E-state index contributed by atoms with van der Waals surface area (Å²) < 4.78 is 80.9. The summed E-state index contributed by atoms with van der Waals surface area (Å²) in [6.07, 6.45) is -5.71. The molecule has 3 heterocycles. The fourth-order valence-corrected chi connectivity index (χ4v) is 5.80. The van der Waals surface area contributed by atoms with Gasteiger partial charge in [0, 0.05) is 42.5 Å². The number of fused-ring (bicyclic) bond motifs is 1. The first-order chi connectivity index (χ1) is 17.9. The molecule has 4 nitrogen and oxygen atoms in total. The van der Waals surface area contributed by atoms with Crippen LogP contribution in [0.15, 0.2) is 42.6 Å². The molecule has 0 saturated carbocycles. The standard InChI is InChI=1S/C27H27ClF6N4/c1-17-13-35-38(25(17)27(32,33)34)22-3-2-9-37(15-22)24-12-21(28)6-7-23(24)19-4-5-20-14-36(16-26(29,30)31)10-8-18(20)11-19/h4-7,11-13,22H,2-3,8-10,14-16H2,1H3. The third-order valence-corrected chi connectivity index (χ3v) is 7.54. The number of halogens is 7. The quantitative estimate of drug-likeness (QED) is 0.315. The van der Waals surface area contributed by atoms with Crippen molar-refractivity contribution in [1.82, 2.24) is 14.7 Å². The van der Waals surface area contributed by atoms with E-state index in [1.165, 1.54) is 18.0 Å². The van der Waals surface area contributed by atoms with Gasteiger partial charge in [-0.1, -0.05) is 35.9 Å². The van der Waals surface area contributed by atoms with Crippen LogP contribution in [0.5, 0.6) is 0 Å². The van der Waals surface area contributed by atoms with Gasteiger partial charge in [-0.15, -0.1) is 0 Å². The van der Waals surface area contributed by atoms with Crippen LogP contribution in [-0.2, 0) is 19.1 Å².